The van der Waals surface area contributed by atoms with E-state index in [1.165, 1.54) is 51.4 Å². The summed E-state index contributed by atoms with van der Waals surface area (Å²) in [6.45, 7) is 6.87. The van der Waals surface area contributed by atoms with Crippen molar-refractivity contribution in [3.63, 3.8) is 0 Å². The zero-order valence-corrected chi connectivity index (χ0v) is 50.4. The first-order valence-electron chi connectivity index (χ1n) is 30.0. The molecule has 3 N–H and O–H groups in total. The van der Waals surface area contributed by atoms with Gasteiger partial charge in [0.05, 0.1) is 26.4 Å². The highest BCUT2D eigenvalue weighted by Crippen LogP contribution is 2.45. The van der Waals surface area contributed by atoms with Crippen molar-refractivity contribution in [2.45, 2.75) is 278 Å². The number of phosphoric acid groups is 2. The standard InChI is InChI=1S/C58H108O17P2/c1-6-9-12-15-17-19-20-21-22-23-24-25-27-34-39-44-58(63)75-54(48-69-56(61)42-37-32-29-28-31-35-40-51(4)5)50-73-77(66,67)71-46-52(59)45-70-76(64,65)72-49-53(47-68-55(60)41-36-30-14-11-8-3)74-57(62)43-38-33-26-18-16-13-10-7-2/h19-22,51-54,59H,6-18,23-50H2,1-5H3,(H,64,65)(H,66,67)/b20-19-,22-21-/t52-,53+,54+/m0/s1. The molecule has 77 heavy (non-hydrogen) atoms. The number of phosphoric ester groups is 2. The topological polar surface area (TPSA) is 237 Å². The molecule has 0 radical (unpaired) electrons. The molecule has 0 bridgehead atoms. The fourth-order valence-corrected chi connectivity index (χ4v) is 9.56. The maximum absolute atomic E-state index is 12.9. The molecule has 0 aliphatic carbocycles. The fraction of sp³-hybridized carbons (Fsp3) is 0.862. The van der Waals surface area contributed by atoms with Crippen LogP contribution in [0.5, 0.6) is 0 Å². The summed E-state index contributed by atoms with van der Waals surface area (Å²) in [5.41, 5.74) is 0. The zero-order chi connectivity index (χ0) is 57.1. The van der Waals surface area contributed by atoms with Crippen molar-refractivity contribution in [1.82, 2.24) is 0 Å². The van der Waals surface area contributed by atoms with Crippen LogP contribution in [-0.2, 0) is 65.4 Å². The highest BCUT2D eigenvalue weighted by atomic mass is 31.2. The van der Waals surface area contributed by atoms with Gasteiger partial charge < -0.3 is 33.8 Å². The Labute approximate surface area is 465 Å². The molecular weight excluding hydrogens is 1030 g/mol. The van der Waals surface area contributed by atoms with Crippen LogP contribution in [0.25, 0.3) is 0 Å². The normalized spacial score (nSPS) is 14.6. The van der Waals surface area contributed by atoms with E-state index in [0.717, 1.165) is 122 Å². The van der Waals surface area contributed by atoms with E-state index in [9.17, 15) is 43.2 Å². The molecule has 0 spiro atoms. The van der Waals surface area contributed by atoms with E-state index in [0.29, 0.717) is 31.6 Å². The highest BCUT2D eigenvalue weighted by molar-refractivity contribution is 7.47. The van der Waals surface area contributed by atoms with Gasteiger partial charge in [-0.25, -0.2) is 9.13 Å². The molecule has 17 nitrogen and oxygen atoms in total. The van der Waals surface area contributed by atoms with E-state index in [2.05, 4.69) is 58.9 Å². The number of aliphatic hydroxyl groups is 1. The largest absolute Gasteiger partial charge is 0.472 e. The molecule has 0 amide bonds. The van der Waals surface area contributed by atoms with E-state index in [1.54, 1.807) is 0 Å². The molecule has 0 aromatic heterocycles. The third-order valence-corrected chi connectivity index (χ3v) is 14.6. The van der Waals surface area contributed by atoms with Crippen molar-refractivity contribution in [2.24, 2.45) is 5.92 Å². The van der Waals surface area contributed by atoms with E-state index in [4.69, 9.17) is 37.0 Å². The summed E-state index contributed by atoms with van der Waals surface area (Å²) < 4.78 is 67.4. The molecule has 0 aromatic rings. The summed E-state index contributed by atoms with van der Waals surface area (Å²) in [6, 6.07) is 0. The first-order chi connectivity index (χ1) is 37.0. The van der Waals surface area contributed by atoms with Crippen molar-refractivity contribution in [3.05, 3.63) is 24.3 Å². The average molecular weight is 1140 g/mol. The van der Waals surface area contributed by atoms with Gasteiger partial charge in [0.1, 0.15) is 19.3 Å². The van der Waals surface area contributed by atoms with E-state index in [1.807, 2.05) is 0 Å². The van der Waals surface area contributed by atoms with Gasteiger partial charge in [-0.1, -0.05) is 207 Å². The van der Waals surface area contributed by atoms with Gasteiger partial charge in [0.2, 0.25) is 0 Å². The Bertz CT molecular complexity index is 1610. The molecule has 0 saturated carbocycles. The molecule has 0 aliphatic heterocycles. The molecule has 452 valence electrons. The van der Waals surface area contributed by atoms with Gasteiger partial charge in [0, 0.05) is 25.7 Å². The predicted molar refractivity (Wildman–Crippen MR) is 303 cm³/mol. The second kappa shape index (κ2) is 51.7. The summed E-state index contributed by atoms with van der Waals surface area (Å²) >= 11 is 0. The van der Waals surface area contributed by atoms with Crippen LogP contribution in [0, 0.1) is 5.92 Å². The maximum Gasteiger partial charge on any atom is 0.472 e. The molecule has 19 heteroatoms. The lowest BCUT2D eigenvalue weighted by Gasteiger charge is -2.21. The highest BCUT2D eigenvalue weighted by Gasteiger charge is 2.30. The number of esters is 4. The van der Waals surface area contributed by atoms with Crippen LogP contribution >= 0.6 is 15.6 Å². The van der Waals surface area contributed by atoms with Crippen LogP contribution in [0.3, 0.4) is 0 Å². The molecular formula is C58H108O17P2. The molecule has 0 heterocycles. The molecule has 0 aromatic carbocycles. The van der Waals surface area contributed by atoms with Crippen LogP contribution in [0.2, 0.25) is 0 Å². The third-order valence-electron chi connectivity index (χ3n) is 12.7. The van der Waals surface area contributed by atoms with Crippen LogP contribution < -0.4 is 0 Å². The number of aliphatic hydroxyl groups excluding tert-OH is 1. The van der Waals surface area contributed by atoms with Crippen LogP contribution in [0.15, 0.2) is 24.3 Å². The first-order valence-corrected chi connectivity index (χ1v) is 32.9. The Hall–Kier alpha value is -2.46. The molecule has 0 saturated heterocycles. The number of hydrogen-bond acceptors (Lipinski definition) is 15. The predicted octanol–water partition coefficient (Wildman–Crippen LogP) is 15.0. The Morgan fingerprint density at radius 3 is 1.06 bits per heavy atom. The van der Waals surface area contributed by atoms with Gasteiger partial charge in [-0.15, -0.1) is 0 Å². The number of hydrogen-bond donors (Lipinski definition) is 3. The van der Waals surface area contributed by atoms with Crippen molar-refractivity contribution >= 4 is 39.5 Å². The Morgan fingerprint density at radius 2 is 0.701 bits per heavy atom. The number of allylic oxidation sites excluding steroid dienone is 4. The summed E-state index contributed by atoms with van der Waals surface area (Å²) in [5, 5.41) is 10.5. The molecule has 2 unspecified atom stereocenters. The van der Waals surface area contributed by atoms with Crippen LogP contribution in [-0.4, -0.2) is 96.7 Å². The summed E-state index contributed by atoms with van der Waals surface area (Å²) in [7, 11) is -9.87. The third kappa shape index (κ3) is 52.7. The Balaban J connectivity index is 5.20. The lowest BCUT2D eigenvalue weighted by molar-refractivity contribution is -0.161. The Morgan fingerprint density at radius 1 is 0.403 bits per heavy atom. The second-order valence-corrected chi connectivity index (χ2v) is 23.7. The summed E-state index contributed by atoms with van der Waals surface area (Å²) in [5.74, 6) is -1.51. The van der Waals surface area contributed by atoms with E-state index >= 15 is 0 Å². The zero-order valence-electron chi connectivity index (χ0n) is 48.6. The summed E-state index contributed by atoms with van der Waals surface area (Å²) in [6.07, 6.45) is 36.3. The monoisotopic (exact) mass is 1140 g/mol. The quantitative estimate of drug-likeness (QED) is 0.0169. The smallest absolute Gasteiger partial charge is 0.462 e. The minimum atomic E-state index is -4.94. The van der Waals surface area contributed by atoms with Crippen molar-refractivity contribution in [3.8, 4) is 0 Å². The first kappa shape index (κ1) is 74.5. The van der Waals surface area contributed by atoms with Crippen LogP contribution in [0.4, 0.5) is 0 Å². The number of ether oxygens (including phenoxy) is 4. The van der Waals surface area contributed by atoms with Gasteiger partial charge in [-0.2, -0.15) is 0 Å². The van der Waals surface area contributed by atoms with Crippen molar-refractivity contribution in [1.29, 1.82) is 0 Å². The van der Waals surface area contributed by atoms with Gasteiger partial charge in [0.15, 0.2) is 12.2 Å². The SMILES string of the molecule is CCCCCC/C=C\C=C/CCCCCCCC(=O)O[C@H](COC(=O)CCCCCCCCC(C)C)COP(=O)(O)OC[C@@H](O)COP(=O)(O)OC[C@@H](COC(=O)CCCCCCC)OC(=O)CCCCCCCCCC. The molecule has 0 rings (SSSR count). The van der Waals surface area contributed by atoms with Gasteiger partial charge in [-0.3, -0.25) is 37.3 Å². The van der Waals surface area contributed by atoms with Gasteiger partial charge in [0.25, 0.3) is 0 Å². The van der Waals surface area contributed by atoms with Gasteiger partial charge in [-0.05, 0) is 57.3 Å². The number of rotatable bonds is 56. The van der Waals surface area contributed by atoms with Crippen molar-refractivity contribution < 1.29 is 80.2 Å². The maximum atomic E-state index is 12.9. The minimum absolute atomic E-state index is 0.0837. The number of carbonyl (C=O) groups excluding carboxylic acids is 4. The lowest BCUT2D eigenvalue weighted by Crippen LogP contribution is -2.30. The molecule has 0 aliphatic rings. The molecule has 5 atom stereocenters. The van der Waals surface area contributed by atoms with Crippen LogP contribution in [0.1, 0.15) is 259 Å². The summed E-state index contributed by atoms with van der Waals surface area (Å²) in [4.78, 5) is 71.5. The van der Waals surface area contributed by atoms with E-state index in [-0.39, 0.29) is 25.7 Å². The second-order valence-electron chi connectivity index (χ2n) is 20.8. The van der Waals surface area contributed by atoms with Crippen molar-refractivity contribution in [2.75, 3.05) is 39.6 Å². The average Bonchev–Trinajstić information content (AvgIpc) is 3.39. The lowest BCUT2D eigenvalue weighted by atomic mass is 10.0. The fourth-order valence-electron chi connectivity index (χ4n) is 7.98. The van der Waals surface area contributed by atoms with E-state index < -0.39 is 97.5 Å². The molecule has 0 fully saturated rings. The number of carbonyl (C=O) groups is 4. The van der Waals surface area contributed by atoms with Gasteiger partial charge >= 0.3 is 39.5 Å². The Kier molecular flexibility index (Phi) is 50.0. The minimum Gasteiger partial charge on any atom is -0.462 e. The number of unbranched alkanes of at least 4 members (excludes halogenated alkanes) is 25.